The van der Waals surface area contributed by atoms with Crippen molar-refractivity contribution in [3.8, 4) is 0 Å². The molecule has 1 heterocycles. The molecule has 1 fully saturated rings. The van der Waals surface area contributed by atoms with Gasteiger partial charge in [0.15, 0.2) is 5.60 Å². The fourth-order valence-corrected chi connectivity index (χ4v) is 1.75. The Hall–Kier alpha value is -1.35. The summed E-state index contributed by atoms with van der Waals surface area (Å²) in [5, 5.41) is 7.72. The number of ether oxygens (including phenoxy) is 2. The van der Waals surface area contributed by atoms with Crippen molar-refractivity contribution in [3.05, 3.63) is 35.9 Å². The molecular weight excluding hydrogens is 178 g/mol. The summed E-state index contributed by atoms with van der Waals surface area (Å²) < 4.78 is 10.5. The molecular formula is C11H13NO2. The zero-order valence-electron chi connectivity index (χ0n) is 8.28. The van der Waals surface area contributed by atoms with Crippen molar-refractivity contribution in [2.75, 3.05) is 7.11 Å². The van der Waals surface area contributed by atoms with Crippen molar-refractivity contribution in [1.29, 1.82) is 5.41 Å². The van der Waals surface area contributed by atoms with Crippen LogP contribution in [0.4, 0.5) is 0 Å². The molecule has 2 rings (SSSR count). The van der Waals surface area contributed by atoms with E-state index in [4.69, 9.17) is 14.9 Å². The Morgan fingerprint density at radius 3 is 2.43 bits per heavy atom. The number of nitrogens with one attached hydrogen (secondary N) is 1. The molecule has 0 amide bonds. The zero-order valence-corrected chi connectivity index (χ0v) is 8.28. The number of methoxy groups -OCH3 is 1. The van der Waals surface area contributed by atoms with Crippen LogP contribution in [0.3, 0.4) is 0 Å². The molecule has 0 aromatic heterocycles. The molecule has 3 nitrogen and oxygen atoms in total. The molecule has 1 aromatic carbocycles. The molecule has 2 atom stereocenters. The van der Waals surface area contributed by atoms with Crippen LogP contribution in [0.2, 0.25) is 0 Å². The third-order valence-electron chi connectivity index (χ3n) is 2.62. The fourth-order valence-electron chi connectivity index (χ4n) is 1.75. The second kappa shape index (κ2) is 3.10. The third-order valence-corrected chi connectivity index (χ3v) is 2.62. The van der Waals surface area contributed by atoms with Crippen LogP contribution in [-0.4, -0.2) is 19.1 Å². The van der Waals surface area contributed by atoms with Crippen LogP contribution in [0.1, 0.15) is 12.5 Å². The summed E-state index contributed by atoms with van der Waals surface area (Å²) in [7, 11) is 1.50. The molecule has 1 aliphatic heterocycles. The van der Waals surface area contributed by atoms with E-state index in [0.29, 0.717) is 0 Å². The van der Waals surface area contributed by atoms with Gasteiger partial charge < -0.3 is 9.47 Å². The summed E-state index contributed by atoms with van der Waals surface area (Å²) in [5.41, 5.74) is 0.357. The molecule has 1 aromatic rings. The predicted octanol–water partition coefficient (Wildman–Crippen LogP) is 1.92. The Morgan fingerprint density at radius 2 is 2.00 bits per heavy atom. The molecule has 2 unspecified atom stereocenters. The Labute approximate surface area is 83.2 Å². The Bertz CT molecular complexity index is 350. The van der Waals surface area contributed by atoms with Gasteiger partial charge >= 0.3 is 0 Å². The van der Waals surface area contributed by atoms with Crippen molar-refractivity contribution in [3.63, 3.8) is 0 Å². The standard InChI is InChI=1S/C11H13NO2/c1-8-11(14-8,10(12)13-2)9-6-4-3-5-7-9/h3-8,12H,1-2H3. The molecule has 1 aliphatic rings. The maximum Gasteiger partial charge on any atom is 0.221 e. The lowest BCUT2D eigenvalue weighted by Gasteiger charge is -2.12. The Balaban J connectivity index is 2.36. The topological polar surface area (TPSA) is 45.6 Å². The molecule has 1 N–H and O–H groups in total. The summed E-state index contributed by atoms with van der Waals surface area (Å²) in [6, 6.07) is 9.73. The average molecular weight is 191 g/mol. The van der Waals surface area contributed by atoms with E-state index in [0.717, 1.165) is 5.56 Å². The van der Waals surface area contributed by atoms with E-state index in [1.165, 1.54) is 7.11 Å². The van der Waals surface area contributed by atoms with E-state index in [1.54, 1.807) is 0 Å². The van der Waals surface area contributed by atoms with Crippen molar-refractivity contribution in [2.24, 2.45) is 0 Å². The quantitative estimate of drug-likeness (QED) is 0.441. The third kappa shape index (κ3) is 1.13. The van der Waals surface area contributed by atoms with Gasteiger partial charge in [-0.1, -0.05) is 30.3 Å². The lowest BCUT2D eigenvalue weighted by atomic mass is 9.96. The summed E-state index contributed by atoms with van der Waals surface area (Å²) in [5.74, 6) is 0.177. The first kappa shape index (κ1) is 9.21. The number of rotatable bonds is 2. The minimum atomic E-state index is -0.629. The monoisotopic (exact) mass is 191 g/mol. The highest BCUT2D eigenvalue weighted by Crippen LogP contribution is 2.46. The number of hydrogen-bond acceptors (Lipinski definition) is 3. The Kier molecular flexibility index (Phi) is 2.04. The van der Waals surface area contributed by atoms with Crippen LogP contribution in [0, 0.1) is 5.41 Å². The van der Waals surface area contributed by atoms with Gasteiger partial charge in [-0.3, -0.25) is 5.41 Å². The predicted molar refractivity (Wildman–Crippen MR) is 53.4 cm³/mol. The Morgan fingerprint density at radius 1 is 1.43 bits per heavy atom. The molecule has 14 heavy (non-hydrogen) atoms. The maximum atomic E-state index is 7.72. The van der Waals surface area contributed by atoms with E-state index in [2.05, 4.69) is 0 Å². The SMILES string of the molecule is COC(=N)C1(c2ccccc2)OC1C. The molecule has 1 saturated heterocycles. The molecule has 74 valence electrons. The van der Waals surface area contributed by atoms with E-state index >= 15 is 0 Å². The van der Waals surface area contributed by atoms with Gasteiger partial charge in [0.2, 0.25) is 5.90 Å². The average Bonchev–Trinajstić information content (AvgIpc) is 2.92. The minimum absolute atomic E-state index is 0.0253. The van der Waals surface area contributed by atoms with Crippen LogP contribution in [0.25, 0.3) is 0 Å². The van der Waals surface area contributed by atoms with Crippen LogP contribution in [0.15, 0.2) is 30.3 Å². The molecule has 3 heteroatoms. The molecule has 0 radical (unpaired) electrons. The van der Waals surface area contributed by atoms with Gasteiger partial charge in [-0.05, 0) is 12.5 Å². The zero-order chi connectivity index (χ0) is 10.2. The van der Waals surface area contributed by atoms with Gasteiger partial charge in [0, 0.05) is 0 Å². The highest BCUT2D eigenvalue weighted by molar-refractivity contribution is 5.87. The second-order valence-corrected chi connectivity index (χ2v) is 3.40. The highest BCUT2D eigenvalue weighted by atomic mass is 16.6. The van der Waals surface area contributed by atoms with Crippen molar-refractivity contribution in [2.45, 2.75) is 18.6 Å². The van der Waals surface area contributed by atoms with E-state index in [-0.39, 0.29) is 12.0 Å². The number of hydrogen-bond donors (Lipinski definition) is 1. The number of benzene rings is 1. The van der Waals surface area contributed by atoms with Crippen LogP contribution in [0.5, 0.6) is 0 Å². The minimum Gasteiger partial charge on any atom is -0.482 e. The van der Waals surface area contributed by atoms with Crippen LogP contribution in [-0.2, 0) is 15.1 Å². The first-order chi connectivity index (χ1) is 6.71. The lowest BCUT2D eigenvalue weighted by Crippen LogP contribution is -2.25. The van der Waals surface area contributed by atoms with E-state index in [9.17, 15) is 0 Å². The molecule has 0 aliphatic carbocycles. The van der Waals surface area contributed by atoms with Gasteiger partial charge in [-0.25, -0.2) is 0 Å². The molecule has 0 saturated carbocycles. The highest BCUT2D eigenvalue weighted by Gasteiger charge is 2.60. The van der Waals surface area contributed by atoms with Crippen molar-refractivity contribution in [1.82, 2.24) is 0 Å². The van der Waals surface area contributed by atoms with Gasteiger partial charge in [-0.2, -0.15) is 0 Å². The lowest BCUT2D eigenvalue weighted by molar-refractivity contribution is 0.293. The van der Waals surface area contributed by atoms with Gasteiger partial charge in [-0.15, -0.1) is 0 Å². The fraction of sp³-hybridized carbons (Fsp3) is 0.364. The van der Waals surface area contributed by atoms with Crippen LogP contribution >= 0.6 is 0 Å². The molecule has 0 bridgehead atoms. The largest absolute Gasteiger partial charge is 0.482 e. The first-order valence-electron chi connectivity index (χ1n) is 4.58. The molecule has 0 spiro atoms. The van der Waals surface area contributed by atoms with Crippen LogP contribution < -0.4 is 0 Å². The normalized spacial score (nSPS) is 29.7. The second-order valence-electron chi connectivity index (χ2n) is 3.40. The van der Waals surface area contributed by atoms with Crippen molar-refractivity contribution >= 4 is 5.90 Å². The van der Waals surface area contributed by atoms with Gasteiger partial charge in [0.25, 0.3) is 0 Å². The first-order valence-corrected chi connectivity index (χ1v) is 4.58. The van der Waals surface area contributed by atoms with Gasteiger partial charge in [0.05, 0.1) is 13.2 Å². The maximum absolute atomic E-state index is 7.72. The summed E-state index contributed by atoms with van der Waals surface area (Å²) in [6.07, 6.45) is 0.0253. The van der Waals surface area contributed by atoms with Crippen molar-refractivity contribution < 1.29 is 9.47 Å². The van der Waals surface area contributed by atoms with E-state index in [1.807, 2.05) is 37.3 Å². The van der Waals surface area contributed by atoms with Gasteiger partial charge in [0.1, 0.15) is 0 Å². The summed E-state index contributed by atoms with van der Waals surface area (Å²) in [4.78, 5) is 0. The summed E-state index contributed by atoms with van der Waals surface area (Å²) in [6.45, 7) is 1.94. The van der Waals surface area contributed by atoms with E-state index < -0.39 is 5.60 Å². The number of epoxide rings is 1. The smallest absolute Gasteiger partial charge is 0.221 e. The summed E-state index contributed by atoms with van der Waals surface area (Å²) >= 11 is 0.